The number of nitrogens with one attached hydrogen (secondary N) is 2. The van der Waals surface area contributed by atoms with Gasteiger partial charge in [0, 0.05) is 42.1 Å². The number of urea groups is 1. The molecule has 0 saturated heterocycles. The van der Waals surface area contributed by atoms with Gasteiger partial charge in [0.2, 0.25) is 0 Å². The van der Waals surface area contributed by atoms with Crippen LogP contribution in [0, 0.1) is 0 Å². The largest absolute Gasteiger partial charge is 0.419 e. The third-order valence-electron chi connectivity index (χ3n) is 5.96. The fraction of sp³-hybridized carbons (Fsp3) is 0.421. The van der Waals surface area contributed by atoms with Crippen molar-refractivity contribution in [3.63, 3.8) is 0 Å². The van der Waals surface area contributed by atoms with Gasteiger partial charge in [-0.3, -0.25) is 4.79 Å². The van der Waals surface area contributed by atoms with E-state index in [4.69, 9.17) is 5.73 Å². The van der Waals surface area contributed by atoms with Gasteiger partial charge in [0.05, 0.1) is 23.8 Å². The number of carbonyl (C=O) groups excluding carboxylic acids is 2. The normalized spacial score (nSPS) is 19.8. The molecule has 2 aromatic rings. The number of nitrogens with zero attached hydrogens (tertiary/aromatic N) is 2. The number of amides is 3. The molecule has 0 radical (unpaired) electrons. The van der Waals surface area contributed by atoms with Crippen LogP contribution in [-0.2, 0) is 0 Å². The standard InChI is InChI=1S/C19H23N5O2/c1-2-24(19(20)26,13-6-4-3-5-7-13)14-8-15-17-12(10-21-16(17)9-14)11-22-23-18(15)25/h8-11,13H,2-7H2,1H3,(H3-,20,21,22,23,25,26)/p+1. The molecular weight excluding hydrogens is 330 g/mol. The van der Waals surface area contributed by atoms with Crippen molar-refractivity contribution in [2.75, 3.05) is 6.54 Å². The Morgan fingerprint density at radius 2 is 2.08 bits per heavy atom. The predicted octanol–water partition coefficient (Wildman–Crippen LogP) is 2.98. The van der Waals surface area contributed by atoms with Gasteiger partial charge in [-0.2, -0.15) is 5.10 Å². The quantitative estimate of drug-likeness (QED) is 0.738. The molecule has 4 N–H and O–H groups in total. The molecule has 7 nitrogen and oxygen atoms in total. The van der Waals surface area contributed by atoms with Crippen molar-refractivity contribution < 1.29 is 9.59 Å². The van der Waals surface area contributed by atoms with Crippen LogP contribution in [0.3, 0.4) is 0 Å². The monoisotopic (exact) mass is 354 g/mol. The van der Waals surface area contributed by atoms with Gasteiger partial charge in [-0.1, -0.05) is 6.42 Å². The summed E-state index contributed by atoms with van der Waals surface area (Å²) in [6, 6.07) is 3.59. The minimum absolute atomic E-state index is 0.0887. The highest BCUT2D eigenvalue weighted by atomic mass is 16.2. The lowest BCUT2D eigenvalue weighted by atomic mass is 9.91. The summed E-state index contributed by atoms with van der Waals surface area (Å²) in [5.74, 6) is -0.270. The second kappa shape index (κ2) is 6.25. The van der Waals surface area contributed by atoms with Crippen LogP contribution in [0.15, 0.2) is 23.4 Å². The van der Waals surface area contributed by atoms with Crippen molar-refractivity contribution in [2.45, 2.75) is 45.1 Å². The number of quaternary nitrogens is 1. The first-order chi connectivity index (χ1) is 12.6. The van der Waals surface area contributed by atoms with E-state index in [1.54, 1.807) is 6.21 Å². The van der Waals surface area contributed by atoms with Crippen molar-refractivity contribution in [3.8, 4) is 0 Å². The molecule has 2 heterocycles. The highest BCUT2D eigenvalue weighted by molar-refractivity contribution is 6.15. The van der Waals surface area contributed by atoms with Crippen LogP contribution < -0.4 is 15.6 Å². The van der Waals surface area contributed by atoms with E-state index in [9.17, 15) is 9.59 Å². The SMILES string of the molecule is CC[N+](C(N)=O)(c1cc2c3c(c[nH]c3c1)C=NNC2=O)C1CCCCC1. The zero-order chi connectivity index (χ0) is 18.3. The number of hydrogen-bond acceptors (Lipinski definition) is 3. The summed E-state index contributed by atoms with van der Waals surface area (Å²) in [5.41, 5.74) is 11.5. The number of benzene rings is 1. The Kier molecular flexibility index (Phi) is 4.03. The maximum absolute atomic E-state index is 12.7. The molecule has 26 heavy (non-hydrogen) atoms. The van der Waals surface area contributed by atoms with E-state index in [0.29, 0.717) is 12.1 Å². The van der Waals surface area contributed by atoms with Gasteiger partial charge in [0.1, 0.15) is 11.7 Å². The second-order valence-electron chi connectivity index (χ2n) is 7.17. The molecular formula is C19H24N5O2+. The molecule has 1 aromatic heterocycles. The maximum Gasteiger partial charge on any atom is 0.419 e. The van der Waals surface area contributed by atoms with E-state index in [-0.39, 0.29) is 22.5 Å². The summed E-state index contributed by atoms with van der Waals surface area (Å²) < 4.78 is 0.0887. The number of primary amides is 1. The number of aromatic nitrogens is 1. The fourth-order valence-electron chi connectivity index (χ4n) is 4.65. The highest BCUT2D eigenvalue weighted by Crippen LogP contribution is 2.38. The maximum atomic E-state index is 12.7. The number of hydrazone groups is 1. The zero-order valence-electron chi connectivity index (χ0n) is 14.9. The van der Waals surface area contributed by atoms with Gasteiger partial charge in [0.15, 0.2) is 0 Å². The fourth-order valence-corrected chi connectivity index (χ4v) is 4.65. The molecule has 136 valence electrons. The Balaban J connectivity index is 1.95. The molecule has 2 aliphatic rings. The second-order valence-corrected chi connectivity index (χ2v) is 7.17. The number of H-pyrrole nitrogens is 1. The lowest BCUT2D eigenvalue weighted by molar-refractivity contribution is 0.0956. The molecule has 1 unspecified atom stereocenters. The van der Waals surface area contributed by atoms with Gasteiger partial charge in [0.25, 0.3) is 5.91 Å². The van der Waals surface area contributed by atoms with Crippen LogP contribution in [0.5, 0.6) is 0 Å². The highest BCUT2D eigenvalue weighted by Gasteiger charge is 2.45. The van der Waals surface area contributed by atoms with Crippen LogP contribution in [-0.4, -0.2) is 35.7 Å². The lowest BCUT2D eigenvalue weighted by Crippen LogP contribution is -2.63. The Morgan fingerprint density at radius 1 is 1.31 bits per heavy atom. The van der Waals surface area contributed by atoms with Crippen LogP contribution in [0.2, 0.25) is 0 Å². The smallest absolute Gasteiger partial charge is 0.360 e. The summed E-state index contributed by atoms with van der Waals surface area (Å²) in [6.07, 6.45) is 8.80. The Hall–Kier alpha value is -2.67. The molecule has 3 amide bonds. The number of aromatic amines is 1. The number of carbonyl (C=O) groups is 2. The number of hydrogen-bond donors (Lipinski definition) is 3. The van der Waals surface area contributed by atoms with E-state index in [1.165, 1.54) is 6.42 Å². The van der Waals surface area contributed by atoms with Crippen LogP contribution >= 0.6 is 0 Å². The van der Waals surface area contributed by atoms with Crippen molar-refractivity contribution in [2.24, 2.45) is 10.8 Å². The van der Waals surface area contributed by atoms with Gasteiger partial charge in [-0.15, -0.1) is 0 Å². The van der Waals surface area contributed by atoms with Crippen molar-refractivity contribution in [3.05, 3.63) is 29.5 Å². The average molecular weight is 354 g/mol. The lowest BCUT2D eigenvalue weighted by Gasteiger charge is -2.41. The summed E-state index contributed by atoms with van der Waals surface area (Å²) in [4.78, 5) is 28.5. The van der Waals surface area contributed by atoms with Crippen LogP contribution in [0.4, 0.5) is 10.5 Å². The molecule has 1 fully saturated rings. The number of nitrogens with two attached hydrogens (primary N) is 1. The topological polar surface area (TPSA) is 100 Å². The molecule has 1 atom stereocenters. The van der Waals surface area contributed by atoms with Crippen LogP contribution in [0.1, 0.15) is 54.9 Å². The first kappa shape index (κ1) is 16.8. The molecule has 4 rings (SSSR count). The zero-order valence-corrected chi connectivity index (χ0v) is 14.9. The van der Waals surface area contributed by atoms with Crippen molar-refractivity contribution >= 4 is 34.7 Å². The summed E-state index contributed by atoms with van der Waals surface area (Å²) in [6.45, 7) is 2.56. The van der Waals surface area contributed by atoms with E-state index < -0.39 is 0 Å². The molecule has 1 aliphatic heterocycles. The molecule has 1 aliphatic carbocycles. The Morgan fingerprint density at radius 3 is 2.77 bits per heavy atom. The van der Waals surface area contributed by atoms with Crippen LogP contribution in [0.25, 0.3) is 10.9 Å². The molecule has 7 heteroatoms. The van der Waals surface area contributed by atoms with E-state index in [1.807, 2.05) is 25.3 Å². The summed E-state index contributed by atoms with van der Waals surface area (Å²) in [5, 5.41) is 4.79. The Bertz CT molecular complexity index is 910. The van der Waals surface area contributed by atoms with Gasteiger partial charge >= 0.3 is 6.03 Å². The predicted molar refractivity (Wildman–Crippen MR) is 102 cm³/mol. The third-order valence-corrected chi connectivity index (χ3v) is 5.96. The van der Waals surface area contributed by atoms with E-state index in [0.717, 1.165) is 47.8 Å². The number of rotatable bonds is 3. The van der Waals surface area contributed by atoms with Gasteiger partial charge in [-0.05, 0) is 19.8 Å². The summed E-state index contributed by atoms with van der Waals surface area (Å²) >= 11 is 0. The van der Waals surface area contributed by atoms with Crippen molar-refractivity contribution in [1.82, 2.24) is 14.9 Å². The first-order valence-electron chi connectivity index (χ1n) is 9.24. The first-order valence-corrected chi connectivity index (χ1v) is 9.24. The van der Waals surface area contributed by atoms with E-state index >= 15 is 0 Å². The Labute approximate surface area is 151 Å². The average Bonchev–Trinajstić information content (AvgIpc) is 2.98. The summed E-state index contributed by atoms with van der Waals surface area (Å²) in [7, 11) is 0. The van der Waals surface area contributed by atoms with E-state index in [2.05, 4.69) is 15.5 Å². The third kappa shape index (κ3) is 2.34. The molecule has 0 spiro atoms. The van der Waals surface area contributed by atoms with Gasteiger partial charge < -0.3 is 10.7 Å². The minimum atomic E-state index is -0.358. The minimum Gasteiger partial charge on any atom is -0.360 e. The van der Waals surface area contributed by atoms with Crippen molar-refractivity contribution in [1.29, 1.82) is 0 Å². The molecule has 1 saturated carbocycles. The van der Waals surface area contributed by atoms with Gasteiger partial charge in [-0.25, -0.2) is 14.7 Å². The molecule has 0 bridgehead atoms. The molecule has 1 aromatic carbocycles.